The quantitative estimate of drug-likeness (QED) is 0.626. The summed E-state index contributed by atoms with van der Waals surface area (Å²) >= 11 is 0. The molecule has 1 saturated heterocycles. The van der Waals surface area contributed by atoms with E-state index in [0.29, 0.717) is 29.2 Å². The average Bonchev–Trinajstić information content (AvgIpc) is 3.16. The number of hydrogen-bond acceptors (Lipinski definition) is 5. The van der Waals surface area contributed by atoms with Crippen molar-refractivity contribution in [2.24, 2.45) is 0 Å². The zero-order valence-corrected chi connectivity index (χ0v) is 16.8. The maximum absolute atomic E-state index is 12.7. The van der Waals surface area contributed by atoms with Crippen molar-refractivity contribution < 1.29 is 23.0 Å². The number of aromatic nitrogens is 2. The lowest BCUT2D eigenvalue weighted by molar-refractivity contribution is -0.0498. The molecule has 3 aromatic rings. The van der Waals surface area contributed by atoms with Crippen LogP contribution in [0.25, 0.3) is 5.69 Å². The third-order valence-corrected chi connectivity index (χ3v) is 5.03. The summed E-state index contributed by atoms with van der Waals surface area (Å²) in [6.07, 6.45) is 1.49. The number of carbonyl (C=O) groups is 1. The third-order valence-electron chi connectivity index (χ3n) is 5.03. The van der Waals surface area contributed by atoms with Gasteiger partial charge in [0.2, 0.25) is 0 Å². The number of ether oxygens (including phenoxy) is 2. The number of alkyl halides is 2. The van der Waals surface area contributed by atoms with E-state index in [4.69, 9.17) is 4.74 Å². The molecule has 0 spiro atoms. The van der Waals surface area contributed by atoms with Gasteiger partial charge in [-0.05, 0) is 48.9 Å². The van der Waals surface area contributed by atoms with Gasteiger partial charge in [0.15, 0.2) is 0 Å². The van der Waals surface area contributed by atoms with E-state index < -0.39 is 6.61 Å². The Hall–Kier alpha value is -3.30. The van der Waals surface area contributed by atoms with Crippen LogP contribution in [0.1, 0.15) is 27.7 Å². The van der Waals surface area contributed by atoms with Gasteiger partial charge in [-0.2, -0.15) is 13.9 Å². The van der Waals surface area contributed by atoms with Crippen LogP contribution in [0.5, 0.6) is 5.75 Å². The first kappa shape index (κ1) is 21.0. The fourth-order valence-electron chi connectivity index (χ4n) is 3.42. The third kappa shape index (κ3) is 4.89. The second-order valence-corrected chi connectivity index (χ2v) is 7.07. The van der Waals surface area contributed by atoms with Crippen molar-refractivity contribution in [3.05, 3.63) is 71.5 Å². The summed E-state index contributed by atoms with van der Waals surface area (Å²) < 4.78 is 36.3. The highest BCUT2D eigenvalue weighted by atomic mass is 19.3. The Bertz CT molecular complexity index is 1030. The van der Waals surface area contributed by atoms with Crippen LogP contribution in [0.15, 0.2) is 54.7 Å². The molecule has 1 aromatic heterocycles. The Kier molecular flexibility index (Phi) is 6.24. The van der Waals surface area contributed by atoms with Crippen molar-refractivity contribution in [1.29, 1.82) is 0 Å². The van der Waals surface area contributed by atoms with Crippen molar-refractivity contribution in [1.82, 2.24) is 15.1 Å². The Labute approximate surface area is 178 Å². The molecule has 1 unspecified atom stereocenters. The number of morpholine rings is 1. The summed E-state index contributed by atoms with van der Waals surface area (Å²) in [6, 6.07) is 13.6. The van der Waals surface area contributed by atoms with Crippen LogP contribution in [0.2, 0.25) is 0 Å². The fourth-order valence-corrected chi connectivity index (χ4v) is 3.42. The van der Waals surface area contributed by atoms with Gasteiger partial charge >= 0.3 is 6.61 Å². The van der Waals surface area contributed by atoms with E-state index in [-0.39, 0.29) is 17.8 Å². The highest BCUT2D eigenvalue weighted by Gasteiger charge is 2.18. The highest BCUT2D eigenvalue weighted by Crippen LogP contribution is 2.22. The molecule has 0 radical (unpaired) electrons. The second kappa shape index (κ2) is 9.23. The summed E-state index contributed by atoms with van der Waals surface area (Å²) in [4.78, 5) is 12.7. The van der Waals surface area contributed by atoms with Gasteiger partial charge in [0.05, 0.1) is 35.9 Å². The van der Waals surface area contributed by atoms with E-state index in [1.165, 1.54) is 18.3 Å². The van der Waals surface area contributed by atoms with Gasteiger partial charge in [0.1, 0.15) is 5.75 Å². The van der Waals surface area contributed by atoms with Gasteiger partial charge in [0, 0.05) is 18.8 Å². The summed E-state index contributed by atoms with van der Waals surface area (Å²) in [5, 5.41) is 10.4. The zero-order valence-electron chi connectivity index (χ0n) is 16.8. The molecule has 0 aliphatic carbocycles. The van der Waals surface area contributed by atoms with Crippen molar-refractivity contribution in [3.8, 4) is 11.4 Å². The maximum Gasteiger partial charge on any atom is 0.387 e. The molecule has 7 nitrogen and oxygen atoms in total. The second-order valence-electron chi connectivity index (χ2n) is 7.07. The van der Waals surface area contributed by atoms with Crippen molar-refractivity contribution in [2.45, 2.75) is 19.6 Å². The van der Waals surface area contributed by atoms with E-state index >= 15 is 0 Å². The van der Waals surface area contributed by atoms with E-state index in [0.717, 1.165) is 18.7 Å². The Morgan fingerprint density at radius 1 is 1.23 bits per heavy atom. The molecule has 4 rings (SSSR count). The van der Waals surface area contributed by atoms with Crippen LogP contribution >= 0.6 is 0 Å². The van der Waals surface area contributed by atoms with Crippen LogP contribution in [0, 0.1) is 6.92 Å². The molecule has 9 heteroatoms. The molecule has 2 N–H and O–H groups in total. The molecule has 31 heavy (non-hydrogen) atoms. The molecule has 1 atom stereocenters. The van der Waals surface area contributed by atoms with Gasteiger partial charge in [-0.1, -0.05) is 12.1 Å². The molecule has 162 valence electrons. The topological polar surface area (TPSA) is 77.4 Å². The molecule has 1 fully saturated rings. The lowest BCUT2D eigenvalue weighted by Gasteiger charge is -2.24. The molecule has 2 heterocycles. The highest BCUT2D eigenvalue weighted by molar-refractivity contribution is 6.05. The summed E-state index contributed by atoms with van der Waals surface area (Å²) in [5.74, 6) is -0.232. The van der Waals surface area contributed by atoms with Gasteiger partial charge < -0.3 is 20.1 Å². The number of nitrogens with zero attached hydrogens (tertiary/aromatic N) is 2. The van der Waals surface area contributed by atoms with Crippen LogP contribution in [0.4, 0.5) is 14.5 Å². The molecule has 1 aliphatic rings. The van der Waals surface area contributed by atoms with Gasteiger partial charge in [-0.15, -0.1) is 0 Å². The standard InChI is InChI=1S/C22H22F2N4O3/c1-14-19(12-26-28(14)17-6-8-18(9-7-17)31-22(23)24)21(29)27-16-4-2-15(3-5-16)20-13-25-10-11-30-20/h2-9,12,20,22,25H,10-11,13H2,1H3,(H,27,29). The normalized spacial score (nSPS) is 16.3. The summed E-state index contributed by atoms with van der Waals surface area (Å²) in [5.41, 5.74) is 3.38. The SMILES string of the molecule is Cc1c(C(=O)Nc2ccc(C3CNCCO3)cc2)cnn1-c1ccc(OC(F)F)cc1. The number of anilines is 1. The van der Waals surface area contributed by atoms with E-state index in [9.17, 15) is 13.6 Å². The monoisotopic (exact) mass is 428 g/mol. The Morgan fingerprint density at radius 3 is 2.61 bits per heavy atom. The molecule has 1 amide bonds. The first-order valence-corrected chi connectivity index (χ1v) is 9.85. The van der Waals surface area contributed by atoms with E-state index in [2.05, 4.69) is 20.5 Å². The largest absolute Gasteiger partial charge is 0.435 e. The van der Waals surface area contributed by atoms with Crippen molar-refractivity contribution in [2.75, 3.05) is 25.0 Å². The van der Waals surface area contributed by atoms with E-state index in [1.54, 1.807) is 23.7 Å². The maximum atomic E-state index is 12.7. The predicted molar refractivity (Wildman–Crippen MR) is 111 cm³/mol. The number of benzene rings is 2. The number of carbonyl (C=O) groups excluding carboxylic acids is 1. The lowest BCUT2D eigenvalue weighted by Crippen LogP contribution is -2.33. The molecule has 0 saturated carbocycles. The lowest BCUT2D eigenvalue weighted by atomic mass is 10.1. The summed E-state index contributed by atoms with van der Waals surface area (Å²) in [7, 11) is 0. The number of nitrogens with one attached hydrogen (secondary N) is 2. The molecule has 2 aromatic carbocycles. The number of halogens is 2. The van der Waals surface area contributed by atoms with Crippen LogP contribution in [-0.2, 0) is 4.74 Å². The van der Waals surface area contributed by atoms with E-state index in [1.807, 2.05) is 24.3 Å². The number of hydrogen-bond donors (Lipinski definition) is 2. The Balaban J connectivity index is 1.44. The molecular formula is C22H22F2N4O3. The molecule has 0 bridgehead atoms. The van der Waals surface area contributed by atoms with Crippen LogP contribution in [-0.4, -0.2) is 42.0 Å². The van der Waals surface area contributed by atoms with Crippen molar-refractivity contribution in [3.63, 3.8) is 0 Å². The molecule has 1 aliphatic heterocycles. The minimum absolute atomic E-state index is 0.0106. The predicted octanol–water partition coefficient (Wildman–Crippen LogP) is 3.70. The Morgan fingerprint density at radius 2 is 1.97 bits per heavy atom. The number of rotatable bonds is 6. The first-order valence-electron chi connectivity index (χ1n) is 9.85. The molecular weight excluding hydrogens is 406 g/mol. The zero-order chi connectivity index (χ0) is 21.8. The average molecular weight is 428 g/mol. The smallest absolute Gasteiger partial charge is 0.387 e. The minimum Gasteiger partial charge on any atom is -0.435 e. The fraction of sp³-hybridized carbons (Fsp3) is 0.273. The van der Waals surface area contributed by atoms with Crippen LogP contribution in [0.3, 0.4) is 0 Å². The first-order chi connectivity index (χ1) is 15.0. The minimum atomic E-state index is -2.88. The van der Waals surface area contributed by atoms with Gasteiger partial charge in [0.25, 0.3) is 5.91 Å². The van der Waals surface area contributed by atoms with Gasteiger partial charge in [-0.3, -0.25) is 4.79 Å². The van der Waals surface area contributed by atoms with Crippen molar-refractivity contribution >= 4 is 11.6 Å². The van der Waals surface area contributed by atoms with Gasteiger partial charge in [-0.25, -0.2) is 4.68 Å². The number of amides is 1. The summed E-state index contributed by atoms with van der Waals surface area (Å²) in [6.45, 7) is 1.18. The van der Waals surface area contributed by atoms with Crippen LogP contribution < -0.4 is 15.4 Å².